The van der Waals surface area contributed by atoms with E-state index >= 15 is 0 Å². The van der Waals surface area contributed by atoms with Crippen LogP contribution in [0.5, 0.6) is 0 Å². The molecule has 2 aromatic rings. The zero-order valence-corrected chi connectivity index (χ0v) is 10.0. The van der Waals surface area contributed by atoms with Crippen LogP contribution >= 0.6 is 0 Å². The van der Waals surface area contributed by atoms with Gasteiger partial charge in [-0.2, -0.15) is 14.6 Å². The quantitative estimate of drug-likeness (QED) is 0.758. The fraction of sp³-hybridized carbons (Fsp3) is 0.214. The van der Waals surface area contributed by atoms with E-state index in [2.05, 4.69) is 15.2 Å². The van der Waals surface area contributed by atoms with Crippen molar-refractivity contribution in [3.8, 4) is 0 Å². The summed E-state index contributed by atoms with van der Waals surface area (Å²) in [6.07, 6.45) is 0. The molecule has 5 heteroatoms. The second-order valence-corrected chi connectivity index (χ2v) is 4.43. The lowest BCUT2D eigenvalue weighted by Crippen LogP contribution is -2.10. The second kappa shape index (κ2) is 4.84. The van der Waals surface area contributed by atoms with E-state index in [-0.39, 0.29) is 17.8 Å². The summed E-state index contributed by atoms with van der Waals surface area (Å²) in [5.41, 5.74) is 1.48. The van der Waals surface area contributed by atoms with E-state index in [0.717, 1.165) is 5.56 Å². The lowest BCUT2D eigenvalue weighted by molar-refractivity contribution is 0.551. The van der Waals surface area contributed by atoms with Gasteiger partial charge in [-0.1, -0.05) is 18.2 Å². The van der Waals surface area contributed by atoms with Crippen molar-refractivity contribution in [2.24, 2.45) is 10.2 Å². The summed E-state index contributed by atoms with van der Waals surface area (Å²) < 4.78 is 26.1. The summed E-state index contributed by atoms with van der Waals surface area (Å²) >= 11 is 0. The minimum atomic E-state index is -0.512. The molecule has 1 aliphatic rings. The molecule has 19 heavy (non-hydrogen) atoms. The Kier molecular flexibility index (Phi) is 3.03. The van der Waals surface area contributed by atoms with Crippen molar-refractivity contribution in [2.45, 2.75) is 12.0 Å². The smallest absolute Gasteiger partial charge is 0.213 e. The molecule has 2 unspecified atom stereocenters. The second-order valence-electron chi connectivity index (χ2n) is 4.43. The van der Waals surface area contributed by atoms with Gasteiger partial charge in [0.1, 0.15) is 11.9 Å². The molecule has 2 heterocycles. The van der Waals surface area contributed by atoms with Crippen LogP contribution in [-0.2, 0) is 0 Å². The zero-order chi connectivity index (χ0) is 13.2. The van der Waals surface area contributed by atoms with Crippen LogP contribution in [0.1, 0.15) is 23.2 Å². The maximum atomic E-state index is 13.2. The van der Waals surface area contributed by atoms with Gasteiger partial charge in [-0.3, -0.25) is 0 Å². The highest BCUT2D eigenvalue weighted by molar-refractivity contribution is 5.26. The standard InChI is InChI=1S/C14H11F2N3/c15-10-6-4-9(5-7-10)14-11(8-17-19-14)12-2-1-3-13(16)18-12/h1-7,11,14H,8H2. The van der Waals surface area contributed by atoms with Gasteiger partial charge in [-0.25, -0.2) is 9.37 Å². The molecule has 1 aliphatic heterocycles. The summed E-state index contributed by atoms with van der Waals surface area (Å²) in [5.74, 6) is -0.900. The Morgan fingerprint density at radius 3 is 2.53 bits per heavy atom. The van der Waals surface area contributed by atoms with E-state index in [1.54, 1.807) is 24.3 Å². The molecule has 96 valence electrons. The first-order chi connectivity index (χ1) is 9.24. The van der Waals surface area contributed by atoms with Crippen LogP contribution in [0.4, 0.5) is 8.78 Å². The van der Waals surface area contributed by atoms with Crippen LogP contribution in [-0.4, -0.2) is 11.5 Å². The van der Waals surface area contributed by atoms with Gasteiger partial charge in [-0.15, -0.1) is 0 Å². The minimum absolute atomic E-state index is 0.0961. The number of rotatable bonds is 2. The van der Waals surface area contributed by atoms with Crippen molar-refractivity contribution in [3.05, 3.63) is 65.5 Å². The average molecular weight is 259 g/mol. The SMILES string of the molecule is Fc1ccc(C2N=NCC2c2cccc(F)n2)cc1. The number of nitrogens with zero attached hydrogens (tertiary/aromatic N) is 3. The topological polar surface area (TPSA) is 37.6 Å². The first-order valence-electron chi connectivity index (χ1n) is 5.98. The zero-order valence-electron chi connectivity index (χ0n) is 10.0. The van der Waals surface area contributed by atoms with Gasteiger partial charge < -0.3 is 0 Å². The highest BCUT2D eigenvalue weighted by Crippen LogP contribution is 2.38. The molecule has 0 aliphatic carbocycles. The Morgan fingerprint density at radius 1 is 1.00 bits per heavy atom. The maximum Gasteiger partial charge on any atom is 0.213 e. The van der Waals surface area contributed by atoms with E-state index < -0.39 is 5.95 Å². The Labute approximate surface area is 109 Å². The third kappa shape index (κ3) is 2.36. The van der Waals surface area contributed by atoms with E-state index in [1.165, 1.54) is 18.2 Å². The molecule has 1 aromatic heterocycles. The summed E-state index contributed by atoms with van der Waals surface area (Å²) in [5, 5.41) is 8.18. The van der Waals surface area contributed by atoms with Gasteiger partial charge in [0, 0.05) is 0 Å². The van der Waals surface area contributed by atoms with Crippen LogP contribution in [0.2, 0.25) is 0 Å². The predicted molar refractivity (Wildman–Crippen MR) is 65.8 cm³/mol. The summed E-state index contributed by atoms with van der Waals surface area (Å²) in [6.45, 7) is 0.471. The van der Waals surface area contributed by atoms with Crippen LogP contribution in [0.25, 0.3) is 0 Å². The van der Waals surface area contributed by atoms with Crippen molar-refractivity contribution in [2.75, 3.05) is 6.54 Å². The predicted octanol–water partition coefficient (Wildman–Crippen LogP) is 3.65. The van der Waals surface area contributed by atoms with E-state index in [9.17, 15) is 8.78 Å². The lowest BCUT2D eigenvalue weighted by atomic mass is 9.91. The molecule has 3 nitrogen and oxygen atoms in total. The highest BCUT2D eigenvalue weighted by Gasteiger charge is 2.30. The number of hydrogen-bond donors (Lipinski definition) is 0. The maximum absolute atomic E-state index is 13.2. The van der Waals surface area contributed by atoms with Crippen molar-refractivity contribution >= 4 is 0 Å². The first kappa shape index (κ1) is 11.9. The van der Waals surface area contributed by atoms with Gasteiger partial charge in [0.2, 0.25) is 5.95 Å². The van der Waals surface area contributed by atoms with Crippen LogP contribution in [0.15, 0.2) is 52.7 Å². The van der Waals surface area contributed by atoms with Crippen LogP contribution in [0.3, 0.4) is 0 Å². The molecular formula is C14H11F2N3. The molecule has 0 fully saturated rings. The number of aromatic nitrogens is 1. The number of azo groups is 1. The molecule has 1 aromatic carbocycles. The number of hydrogen-bond acceptors (Lipinski definition) is 3. The molecule has 0 bridgehead atoms. The molecule has 0 saturated carbocycles. The molecule has 0 amide bonds. The van der Waals surface area contributed by atoms with Crippen molar-refractivity contribution < 1.29 is 8.78 Å². The molecule has 3 rings (SSSR count). The number of pyridine rings is 1. The Hall–Kier alpha value is -2.17. The van der Waals surface area contributed by atoms with E-state index in [0.29, 0.717) is 12.2 Å². The summed E-state index contributed by atoms with van der Waals surface area (Å²) in [6, 6.07) is 10.6. The van der Waals surface area contributed by atoms with Crippen molar-refractivity contribution in [3.63, 3.8) is 0 Å². The normalized spacial score (nSPS) is 21.8. The Morgan fingerprint density at radius 2 is 1.79 bits per heavy atom. The van der Waals surface area contributed by atoms with E-state index in [1.807, 2.05) is 0 Å². The van der Waals surface area contributed by atoms with Gasteiger partial charge in [0.25, 0.3) is 0 Å². The molecule has 0 N–H and O–H groups in total. The largest absolute Gasteiger partial charge is 0.224 e. The summed E-state index contributed by atoms with van der Waals surface area (Å²) in [4.78, 5) is 3.89. The molecular weight excluding hydrogens is 248 g/mol. The third-order valence-corrected chi connectivity index (χ3v) is 3.19. The first-order valence-corrected chi connectivity index (χ1v) is 5.98. The lowest BCUT2D eigenvalue weighted by Gasteiger charge is -2.16. The van der Waals surface area contributed by atoms with Crippen LogP contribution < -0.4 is 0 Å². The van der Waals surface area contributed by atoms with E-state index in [4.69, 9.17) is 0 Å². The Balaban J connectivity index is 1.93. The van der Waals surface area contributed by atoms with Gasteiger partial charge in [0.05, 0.1) is 18.2 Å². The third-order valence-electron chi connectivity index (χ3n) is 3.19. The van der Waals surface area contributed by atoms with Gasteiger partial charge in [0.15, 0.2) is 0 Å². The molecule has 0 radical (unpaired) electrons. The number of halogens is 2. The van der Waals surface area contributed by atoms with Crippen LogP contribution in [0, 0.1) is 11.8 Å². The van der Waals surface area contributed by atoms with Crippen molar-refractivity contribution in [1.29, 1.82) is 0 Å². The Bertz CT molecular complexity index is 610. The average Bonchev–Trinajstić information content (AvgIpc) is 2.89. The molecule has 2 atom stereocenters. The van der Waals surface area contributed by atoms with Crippen molar-refractivity contribution in [1.82, 2.24) is 4.98 Å². The fourth-order valence-electron chi connectivity index (χ4n) is 2.25. The minimum Gasteiger partial charge on any atom is -0.224 e. The summed E-state index contributed by atoms with van der Waals surface area (Å²) in [7, 11) is 0. The fourth-order valence-corrected chi connectivity index (χ4v) is 2.25. The van der Waals surface area contributed by atoms with Gasteiger partial charge >= 0.3 is 0 Å². The highest BCUT2D eigenvalue weighted by atomic mass is 19.1. The monoisotopic (exact) mass is 259 g/mol. The number of benzene rings is 1. The molecule has 0 saturated heterocycles. The molecule has 0 spiro atoms. The van der Waals surface area contributed by atoms with Gasteiger partial charge in [-0.05, 0) is 29.8 Å².